The van der Waals surface area contributed by atoms with Crippen LogP contribution >= 0.6 is 0 Å². The van der Waals surface area contributed by atoms with Gasteiger partial charge in [0.1, 0.15) is 0 Å². The van der Waals surface area contributed by atoms with Gasteiger partial charge in [0.2, 0.25) is 5.28 Å². The van der Waals surface area contributed by atoms with Crippen molar-refractivity contribution in [2.75, 3.05) is 13.8 Å². The molecule has 0 radical (unpaired) electrons. The number of aryl methyl sites for hydroxylation is 1. The molecule has 3 rings (SSSR count). The number of aromatic nitrogens is 2. The maximum Gasteiger partial charge on any atom is 0.435 e. The number of nitrogens with one attached hydrogen (secondary N) is 1. The Morgan fingerprint density at radius 1 is 1.12 bits per heavy atom. The van der Waals surface area contributed by atoms with Crippen LogP contribution in [0.15, 0.2) is 64.8 Å². The molecule has 2 aromatic carbocycles. The van der Waals surface area contributed by atoms with Gasteiger partial charge in [-0.05, 0) is 51.1 Å². The number of ether oxygens (including phenoxy) is 1. The van der Waals surface area contributed by atoms with Crippen LogP contribution in [0, 0.1) is 12.1 Å². The summed E-state index contributed by atoms with van der Waals surface area (Å²) in [5.74, 6) is -1.71. The molecule has 0 atom stereocenters. The number of carbonyl (C=O) groups is 2. The van der Waals surface area contributed by atoms with Gasteiger partial charge in [0.25, 0.3) is 22.7 Å². The second-order valence-electron chi connectivity index (χ2n) is 9.65. The Bertz CT molecular complexity index is 1600. The molecule has 1 amide bonds. The third-order valence-corrected chi connectivity index (χ3v) is 7.62. The maximum atomic E-state index is 13.5. The summed E-state index contributed by atoms with van der Waals surface area (Å²) in [6.45, 7) is 5.20. The lowest BCUT2D eigenvalue weighted by Crippen LogP contribution is -2.56. The minimum absolute atomic E-state index is 0.0749. The van der Waals surface area contributed by atoms with Crippen molar-refractivity contribution in [3.05, 3.63) is 71.1 Å². The van der Waals surface area contributed by atoms with E-state index in [0.29, 0.717) is 5.56 Å². The van der Waals surface area contributed by atoms with Gasteiger partial charge in [0.15, 0.2) is 11.2 Å². The number of sulfonamides is 1. The van der Waals surface area contributed by atoms with E-state index in [2.05, 4.69) is 20.0 Å². The Balaban J connectivity index is 1.81. The van der Waals surface area contributed by atoms with Crippen molar-refractivity contribution in [2.24, 2.45) is 5.28 Å². The third kappa shape index (κ3) is 7.79. The fourth-order valence-electron chi connectivity index (χ4n) is 3.40. The van der Waals surface area contributed by atoms with E-state index >= 15 is 0 Å². The number of rotatable bonds is 11. The number of halogens is 3. The first kappa shape index (κ1) is 32.8. The number of amides is 1. The van der Waals surface area contributed by atoms with Gasteiger partial charge in [-0.25, -0.2) is 17.8 Å². The predicted octanol–water partition coefficient (Wildman–Crippen LogP) is 4.10. The van der Waals surface area contributed by atoms with E-state index in [0.717, 1.165) is 40.5 Å². The third-order valence-electron chi connectivity index (χ3n) is 6.28. The van der Waals surface area contributed by atoms with Gasteiger partial charge in [-0.1, -0.05) is 36.8 Å². The Morgan fingerprint density at radius 2 is 1.72 bits per heavy atom. The van der Waals surface area contributed by atoms with Crippen LogP contribution in [0.3, 0.4) is 0 Å². The number of benzene rings is 2. The SMILES string of the molecule is CCC(=O)OCO/N=[N+](/[O-])N(C)C(C)(C)C(=O)NS(=O)(=O)c1ccc(-n2nc(C(F)(F)F)cc2-c2ccc(C)cc2)cc1. The van der Waals surface area contributed by atoms with Crippen molar-refractivity contribution < 1.29 is 45.7 Å². The number of hydrazine groups is 1. The predicted molar refractivity (Wildman–Crippen MR) is 144 cm³/mol. The molecule has 0 aliphatic carbocycles. The summed E-state index contributed by atoms with van der Waals surface area (Å²) in [4.78, 5) is 28.1. The van der Waals surface area contributed by atoms with Crippen LogP contribution in [-0.4, -0.2) is 59.4 Å². The van der Waals surface area contributed by atoms with Gasteiger partial charge < -0.3 is 14.8 Å². The standard InChI is InChI=1S/C26H29F3N6O7S/c1-6-23(36)41-16-42-32-35(38)33(5)25(3,4)24(37)31-43(39,40)20-13-11-19(12-14-20)34-21(15-22(30-34)26(27,28)29)18-9-7-17(2)8-10-18/h7-15H,6,16H2,1-5H3,(H,31,37)/b35-32+. The summed E-state index contributed by atoms with van der Waals surface area (Å²) in [6, 6.07) is 12.3. The second-order valence-corrected chi connectivity index (χ2v) is 11.3. The number of alkyl halides is 3. The van der Waals surface area contributed by atoms with E-state index in [1.165, 1.54) is 26.0 Å². The topological polar surface area (TPSA) is 158 Å². The number of esters is 1. The van der Waals surface area contributed by atoms with Crippen LogP contribution < -0.4 is 4.72 Å². The molecule has 43 heavy (non-hydrogen) atoms. The molecule has 17 heteroatoms. The molecule has 0 unspecified atom stereocenters. The molecule has 0 spiro atoms. The Labute approximate surface area is 245 Å². The molecule has 0 fully saturated rings. The lowest BCUT2D eigenvalue weighted by molar-refractivity contribution is -0.717. The molecular formula is C26H29F3N6O7S. The Kier molecular flexibility index (Phi) is 9.69. The molecule has 0 aliphatic heterocycles. The molecule has 232 valence electrons. The van der Waals surface area contributed by atoms with Crippen molar-refractivity contribution in [3.8, 4) is 16.9 Å². The highest BCUT2D eigenvalue weighted by atomic mass is 32.2. The molecule has 0 bridgehead atoms. The molecule has 0 saturated heterocycles. The monoisotopic (exact) mass is 626 g/mol. The van der Waals surface area contributed by atoms with Gasteiger partial charge in [-0.2, -0.15) is 18.3 Å². The molecular weight excluding hydrogens is 597 g/mol. The lowest BCUT2D eigenvalue weighted by atomic mass is 10.1. The van der Waals surface area contributed by atoms with E-state index in [-0.39, 0.29) is 27.7 Å². The summed E-state index contributed by atoms with van der Waals surface area (Å²) < 4.78 is 73.9. The highest BCUT2D eigenvalue weighted by molar-refractivity contribution is 7.90. The van der Waals surface area contributed by atoms with E-state index in [1.807, 2.05) is 11.6 Å². The zero-order valence-electron chi connectivity index (χ0n) is 23.7. The van der Waals surface area contributed by atoms with Crippen LogP contribution in [0.2, 0.25) is 0 Å². The van der Waals surface area contributed by atoms with E-state index in [9.17, 15) is 36.4 Å². The number of hydrogen-bond donors (Lipinski definition) is 1. The summed E-state index contributed by atoms with van der Waals surface area (Å²) in [6.07, 6.45) is -4.65. The van der Waals surface area contributed by atoms with E-state index in [4.69, 9.17) is 0 Å². The van der Waals surface area contributed by atoms with Gasteiger partial charge in [-0.15, -0.1) is 5.01 Å². The summed E-state index contributed by atoms with van der Waals surface area (Å²) in [5.41, 5.74) is -1.31. The Hall–Kier alpha value is -4.67. The minimum atomic E-state index is -4.72. The van der Waals surface area contributed by atoms with Gasteiger partial charge in [0, 0.05) is 12.0 Å². The fourth-order valence-corrected chi connectivity index (χ4v) is 4.51. The first-order valence-electron chi connectivity index (χ1n) is 12.6. The van der Waals surface area contributed by atoms with E-state index < -0.39 is 46.1 Å². The molecule has 1 aromatic heterocycles. The van der Waals surface area contributed by atoms with Crippen LogP contribution in [0.1, 0.15) is 38.4 Å². The lowest BCUT2D eigenvalue weighted by Gasteiger charge is -2.29. The minimum Gasteiger partial charge on any atom is -0.569 e. The van der Waals surface area contributed by atoms with Gasteiger partial charge in [0.05, 0.1) is 28.3 Å². The quantitative estimate of drug-likeness (QED) is 0.0826. The van der Waals surface area contributed by atoms with Crippen LogP contribution in [0.25, 0.3) is 16.9 Å². The normalized spacial score (nSPS) is 12.5. The highest BCUT2D eigenvalue weighted by Gasteiger charge is 2.41. The first-order valence-corrected chi connectivity index (χ1v) is 14.1. The molecule has 1 heterocycles. The highest BCUT2D eigenvalue weighted by Crippen LogP contribution is 2.33. The molecule has 3 aromatic rings. The first-order chi connectivity index (χ1) is 20.0. The summed E-state index contributed by atoms with van der Waals surface area (Å²) >= 11 is 0. The molecule has 0 aliphatic rings. The Morgan fingerprint density at radius 3 is 2.28 bits per heavy atom. The van der Waals surface area contributed by atoms with Gasteiger partial charge >= 0.3 is 12.1 Å². The fraction of sp³-hybridized carbons (Fsp3) is 0.346. The number of likely N-dealkylation sites (N-methyl/N-ethyl adjacent to an activating group) is 1. The van der Waals surface area contributed by atoms with Crippen LogP contribution in [-0.2, 0) is 35.4 Å². The number of hydrogen-bond acceptors (Lipinski definition) is 9. The van der Waals surface area contributed by atoms with Crippen molar-refractivity contribution in [2.45, 2.75) is 50.7 Å². The zero-order valence-corrected chi connectivity index (χ0v) is 24.6. The molecule has 1 N–H and O–H groups in total. The van der Waals surface area contributed by atoms with Gasteiger partial charge in [-0.3, -0.25) is 9.59 Å². The average molecular weight is 627 g/mol. The van der Waals surface area contributed by atoms with Crippen LogP contribution in [0.5, 0.6) is 0 Å². The van der Waals surface area contributed by atoms with E-state index in [1.54, 1.807) is 31.2 Å². The van der Waals surface area contributed by atoms with Crippen molar-refractivity contribution in [3.63, 3.8) is 0 Å². The molecule has 0 saturated carbocycles. The van der Waals surface area contributed by atoms with Crippen molar-refractivity contribution in [1.29, 1.82) is 0 Å². The number of nitrogens with zero attached hydrogens (tertiary/aromatic N) is 5. The van der Waals surface area contributed by atoms with Crippen molar-refractivity contribution >= 4 is 21.9 Å². The van der Waals surface area contributed by atoms with Crippen LogP contribution in [0.4, 0.5) is 13.2 Å². The second kappa shape index (κ2) is 12.7. The zero-order chi connectivity index (χ0) is 32.2. The summed E-state index contributed by atoms with van der Waals surface area (Å²) in [5, 5.41) is 19.8. The van der Waals surface area contributed by atoms with Crippen molar-refractivity contribution in [1.82, 2.24) is 19.5 Å². The summed E-state index contributed by atoms with van der Waals surface area (Å²) in [7, 11) is -3.35. The smallest absolute Gasteiger partial charge is 0.435 e. The molecule has 13 nitrogen and oxygen atoms in total. The maximum absolute atomic E-state index is 13.5. The largest absolute Gasteiger partial charge is 0.569 e. The number of carbonyl (C=O) groups excluding carboxylic acids is 2. The average Bonchev–Trinajstić information content (AvgIpc) is 3.41.